The molecule has 17 heavy (non-hydrogen) atoms. The number of nitriles is 1. The van der Waals surface area contributed by atoms with Crippen molar-refractivity contribution in [2.75, 3.05) is 0 Å². The molecule has 0 bridgehead atoms. The molecule has 0 N–H and O–H groups in total. The number of Topliss-reactive ketones (excluding diaryl/α,β-unsaturated/α-hetero) is 1. The lowest BCUT2D eigenvalue weighted by Crippen LogP contribution is -2.10. The van der Waals surface area contributed by atoms with Gasteiger partial charge in [0, 0.05) is 11.8 Å². The number of hydrogen-bond acceptors (Lipinski definition) is 3. The molecule has 0 radical (unpaired) electrons. The van der Waals surface area contributed by atoms with Crippen LogP contribution in [0.5, 0.6) is 0 Å². The van der Waals surface area contributed by atoms with Crippen molar-refractivity contribution < 1.29 is 4.79 Å². The van der Waals surface area contributed by atoms with Crippen LogP contribution in [0, 0.1) is 11.3 Å². The molecule has 0 unspecified atom stereocenters. The molecular formula is C12H8ClN3O. The fourth-order valence-electron chi connectivity index (χ4n) is 1.39. The van der Waals surface area contributed by atoms with Gasteiger partial charge in [-0.1, -0.05) is 23.7 Å². The van der Waals surface area contributed by atoms with Crippen LogP contribution in [-0.4, -0.2) is 15.6 Å². The Kier molecular flexibility index (Phi) is 3.22. The van der Waals surface area contributed by atoms with Gasteiger partial charge in [-0.05, 0) is 12.1 Å². The van der Waals surface area contributed by atoms with Gasteiger partial charge in [0.25, 0.3) is 0 Å². The van der Waals surface area contributed by atoms with E-state index in [2.05, 4.69) is 5.10 Å². The van der Waals surface area contributed by atoms with Crippen molar-refractivity contribution in [1.29, 1.82) is 5.26 Å². The first-order chi connectivity index (χ1) is 8.19. The molecule has 1 aromatic carbocycles. The van der Waals surface area contributed by atoms with Crippen LogP contribution in [0.1, 0.15) is 15.9 Å². The molecule has 0 amide bonds. The van der Waals surface area contributed by atoms with Crippen molar-refractivity contribution in [2.45, 2.75) is 6.54 Å². The molecule has 0 aliphatic heterocycles. The summed E-state index contributed by atoms with van der Waals surface area (Å²) in [4.78, 5) is 11.8. The van der Waals surface area contributed by atoms with Crippen molar-refractivity contribution in [3.05, 3.63) is 52.8 Å². The minimum Gasteiger partial charge on any atom is -0.292 e. The molecule has 84 valence electrons. The first-order valence-electron chi connectivity index (χ1n) is 4.90. The summed E-state index contributed by atoms with van der Waals surface area (Å²) in [5, 5.41) is 13.1. The SMILES string of the molecule is N#Cc1ccc(C(=O)Cn2cc(Cl)cn2)cc1. The summed E-state index contributed by atoms with van der Waals surface area (Å²) >= 11 is 5.70. The predicted octanol–water partition coefficient (Wildman–Crippen LogP) is 2.29. The summed E-state index contributed by atoms with van der Waals surface area (Å²) < 4.78 is 1.48. The Morgan fingerprint density at radius 2 is 2.12 bits per heavy atom. The second kappa shape index (κ2) is 4.81. The van der Waals surface area contributed by atoms with E-state index >= 15 is 0 Å². The summed E-state index contributed by atoms with van der Waals surface area (Å²) in [6, 6.07) is 8.49. The second-order valence-corrected chi connectivity index (χ2v) is 3.90. The normalized spacial score (nSPS) is 9.88. The molecule has 0 aliphatic rings. The summed E-state index contributed by atoms with van der Waals surface area (Å²) in [7, 11) is 0. The van der Waals surface area contributed by atoms with Crippen molar-refractivity contribution in [3.8, 4) is 6.07 Å². The van der Waals surface area contributed by atoms with E-state index in [0.29, 0.717) is 16.1 Å². The molecule has 1 aromatic heterocycles. The van der Waals surface area contributed by atoms with E-state index in [1.165, 1.54) is 10.9 Å². The number of carbonyl (C=O) groups is 1. The number of halogens is 1. The highest BCUT2D eigenvalue weighted by Gasteiger charge is 2.07. The average Bonchev–Trinajstić information content (AvgIpc) is 2.75. The largest absolute Gasteiger partial charge is 0.292 e. The molecule has 0 saturated heterocycles. The van der Waals surface area contributed by atoms with Crippen LogP contribution < -0.4 is 0 Å². The second-order valence-electron chi connectivity index (χ2n) is 3.47. The van der Waals surface area contributed by atoms with Crippen LogP contribution in [0.4, 0.5) is 0 Å². The van der Waals surface area contributed by atoms with E-state index in [-0.39, 0.29) is 12.3 Å². The molecule has 0 atom stereocenters. The average molecular weight is 246 g/mol. The Hall–Kier alpha value is -2.12. The number of carbonyl (C=O) groups excluding carboxylic acids is 1. The van der Waals surface area contributed by atoms with Gasteiger partial charge in [0.05, 0.1) is 22.9 Å². The van der Waals surface area contributed by atoms with Crippen LogP contribution in [0.3, 0.4) is 0 Å². The van der Waals surface area contributed by atoms with Crippen molar-refractivity contribution in [1.82, 2.24) is 9.78 Å². The standard InChI is InChI=1S/C12H8ClN3O/c13-11-6-15-16(7-11)8-12(17)10-3-1-9(5-14)2-4-10/h1-4,6-7H,8H2. The summed E-state index contributed by atoms with van der Waals surface area (Å²) in [5.74, 6) is -0.0748. The maximum Gasteiger partial charge on any atom is 0.184 e. The lowest BCUT2D eigenvalue weighted by Gasteiger charge is -2.01. The molecule has 0 saturated carbocycles. The molecule has 5 heteroatoms. The van der Waals surface area contributed by atoms with Gasteiger partial charge in [0.15, 0.2) is 5.78 Å². The van der Waals surface area contributed by atoms with Crippen molar-refractivity contribution in [3.63, 3.8) is 0 Å². The number of nitrogens with zero attached hydrogens (tertiary/aromatic N) is 3. The van der Waals surface area contributed by atoms with E-state index in [0.717, 1.165) is 0 Å². The Labute approximate surface area is 103 Å². The maximum absolute atomic E-state index is 11.8. The highest BCUT2D eigenvalue weighted by atomic mass is 35.5. The zero-order valence-electron chi connectivity index (χ0n) is 8.80. The van der Waals surface area contributed by atoms with E-state index < -0.39 is 0 Å². The monoisotopic (exact) mass is 245 g/mol. The Balaban J connectivity index is 2.12. The topological polar surface area (TPSA) is 58.7 Å². The van der Waals surface area contributed by atoms with Gasteiger partial charge in [0.1, 0.15) is 6.54 Å². The lowest BCUT2D eigenvalue weighted by atomic mass is 10.1. The predicted molar refractivity (Wildman–Crippen MR) is 62.7 cm³/mol. The highest BCUT2D eigenvalue weighted by molar-refractivity contribution is 6.30. The third kappa shape index (κ3) is 2.71. The Morgan fingerprint density at radius 3 is 2.65 bits per heavy atom. The molecule has 2 rings (SSSR count). The van der Waals surface area contributed by atoms with Crippen LogP contribution >= 0.6 is 11.6 Å². The van der Waals surface area contributed by atoms with Crippen LogP contribution in [0.25, 0.3) is 0 Å². The summed E-state index contributed by atoms with van der Waals surface area (Å²) in [6.07, 6.45) is 3.07. The molecule has 4 nitrogen and oxygen atoms in total. The number of aromatic nitrogens is 2. The van der Waals surface area contributed by atoms with E-state index in [1.807, 2.05) is 6.07 Å². The molecule has 0 fully saturated rings. The lowest BCUT2D eigenvalue weighted by molar-refractivity contribution is 0.0967. The van der Waals surface area contributed by atoms with Gasteiger partial charge in [-0.15, -0.1) is 0 Å². The Morgan fingerprint density at radius 1 is 1.41 bits per heavy atom. The van der Waals surface area contributed by atoms with Gasteiger partial charge in [-0.2, -0.15) is 10.4 Å². The van der Waals surface area contributed by atoms with Gasteiger partial charge in [-0.25, -0.2) is 0 Å². The molecule has 1 heterocycles. The number of hydrogen-bond donors (Lipinski definition) is 0. The van der Waals surface area contributed by atoms with Crippen LogP contribution in [0.2, 0.25) is 5.02 Å². The third-order valence-electron chi connectivity index (χ3n) is 2.24. The third-order valence-corrected chi connectivity index (χ3v) is 2.44. The van der Waals surface area contributed by atoms with Gasteiger partial charge < -0.3 is 0 Å². The first-order valence-corrected chi connectivity index (χ1v) is 5.28. The van der Waals surface area contributed by atoms with Gasteiger partial charge in [-0.3, -0.25) is 9.48 Å². The minimum atomic E-state index is -0.0748. The fraction of sp³-hybridized carbons (Fsp3) is 0.0833. The molecule has 0 aliphatic carbocycles. The number of ketones is 1. The zero-order valence-corrected chi connectivity index (χ0v) is 9.55. The van der Waals surface area contributed by atoms with Crippen LogP contribution in [0.15, 0.2) is 36.7 Å². The zero-order chi connectivity index (χ0) is 12.3. The highest BCUT2D eigenvalue weighted by Crippen LogP contribution is 2.08. The molecule has 0 spiro atoms. The smallest absolute Gasteiger partial charge is 0.184 e. The summed E-state index contributed by atoms with van der Waals surface area (Å²) in [5.41, 5.74) is 1.08. The van der Waals surface area contributed by atoms with E-state index in [1.54, 1.807) is 30.5 Å². The van der Waals surface area contributed by atoms with Gasteiger partial charge in [0.2, 0.25) is 0 Å². The molecular weight excluding hydrogens is 238 g/mol. The first kappa shape index (κ1) is 11.4. The minimum absolute atomic E-state index is 0.0748. The molecule has 2 aromatic rings. The van der Waals surface area contributed by atoms with E-state index in [4.69, 9.17) is 16.9 Å². The van der Waals surface area contributed by atoms with Crippen molar-refractivity contribution >= 4 is 17.4 Å². The number of benzene rings is 1. The quantitative estimate of drug-likeness (QED) is 0.780. The van der Waals surface area contributed by atoms with E-state index in [9.17, 15) is 4.79 Å². The van der Waals surface area contributed by atoms with Gasteiger partial charge >= 0.3 is 0 Å². The van der Waals surface area contributed by atoms with Crippen molar-refractivity contribution in [2.24, 2.45) is 0 Å². The number of rotatable bonds is 3. The fourth-order valence-corrected chi connectivity index (χ4v) is 1.55. The maximum atomic E-state index is 11.8. The Bertz CT molecular complexity index is 581. The van der Waals surface area contributed by atoms with Crippen LogP contribution in [-0.2, 0) is 6.54 Å². The summed E-state index contributed by atoms with van der Waals surface area (Å²) in [6.45, 7) is 0.138.